The maximum absolute atomic E-state index is 11.7. The summed E-state index contributed by atoms with van der Waals surface area (Å²) in [5.41, 5.74) is 1.59. The smallest absolute Gasteiger partial charge is 0.504 e. The van der Waals surface area contributed by atoms with Crippen molar-refractivity contribution >= 4 is 13.9 Å². The molecule has 0 aliphatic rings. The highest BCUT2D eigenvalue weighted by Gasteiger charge is 2.23. The number of carbonyl (C=O) groups is 1. The molecule has 1 amide bonds. The lowest BCUT2D eigenvalue weighted by atomic mass is 10.1. The molecule has 8 nitrogen and oxygen atoms in total. The molecule has 2 aromatic rings. The molecule has 0 heterocycles. The molecule has 0 aromatic heterocycles. The van der Waals surface area contributed by atoms with E-state index in [0.717, 1.165) is 5.56 Å². The number of phosphoric acid groups is 1. The first-order valence-corrected chi connectivity index (χ1v) is 9.82. The lowest BCUT2D eigenvalue weighted by Gasteiger charge is -2.13. The molecule has 0 radical (unpaired) electrons. The van der Waals surface area contributed by atoms with Crippen LogP contribution in [0.15, 0.2) is 48.5 Å². The number of phenolic OH excluding ortho intramolecular Hbond substituents is 1. The first-order chi connectivity index (χ1) is 12.9. The van der Waals surface area contributed by atoms with Crippen LogP contribution in [0.5, 0.6) is 11.5 Å². The van der Waals surface area contributed by atoms with E-state index < -0.39 is 13.9 Å². The average molecular weight is 395 g/mol. The van der Waals surface area contributed by atoms with Crippen LogP contribution in [0.2, 0.25) is 0 Å². The predicted molar refractivity (Wildman–Crippen MR) is 98.5 cm³/mol. The van der Waals surface area contributed by atoms with Crippen LogP contribution in [-0.2, 0) is 26.9 Å². The molecule has 27 heavy (non-hydrogen) atoms. The van der Waals surface area contributed by atoms with E-state index in [1.54, 1.807) is 13.0 Å². The molecule has 1 unspecified atom stereocenters. The van der Waals surface area contributed by atoms with Crippen LogP contribution in [0, 0.1) is 0 Å². The highest BCUT2D eigenvalue weighted by Crippen LogP contribution is 2.46. The fraction of sp³-hybridized carbons (Fsp3) is 0.278. The van der Waals surface area contributed by atoms with Gasteiger partial charge in [0.25, 0.3) is 0 Å². The number of carbonyl (C=O) groups excluding carboxylic acids is 1. The molecule has 0 fully saturated rings. The Balaban J connectivity index is 1.78. The molecule has 0 spiro atoms. The Morgan fingerprint density at radius 2 is 1.89 bits per heavy atom. The zero-order valence-corrected chi connectivity index (χ0v) is 15.7. The van der Waals surface area contributed by atoms with Crippen molar-refractivity contribution in [2.45, 2.75) is 20.0 Å². The lowest BCUT2D eigenvalue weighted by molar-refractivity contribution is 0.140. The average Bonchev–Trinajstić information content (AvgIpc) is 2.63. The number of phenols is 1. The van der Waals surface area contributed by atoms with Crippen LogP contribution in [0.1, 0.15) is 18.1 Å². The number of ether oxygens (including phenoxy) is 1. The second kappa shape index (κ2) is 9.97. The van der Waals surface area contributed by atoms with Crippen molar-refractivity contribution in [1.29, 1.82) is 0 Å². The number of benzene rings is 2. The number of hydrogen-bond acceptors (Lipinski definition) is 6. The Morgan fingerprint density at radius 1 is 1.15 bits per heavy atom. The van der Waals surface area contributed by atoms with E-state index in [1.807, 2.05) is 30.3 Å². The van der Waals surface area contributed by atoms with Gasteiger partial charge in [-0.25, -0.2) is 9.36 Å². The number of alkyl carbamates (subject to hydrolysis) is 1. The number of hydrogen-bond donors (Lipinski definition) is 3. The molecule has 0 saturated carbocycles. The van der Waals surface area contributed by atoms with Gasteiger partial charge >= 0.3 is 13.9 Å². The topological polar surface area (TPSA) is 114 Å². The molecule has 2 aromatic carbocycles. The monoisotopic (exact) mass is 395 g/mol. The van der Waals surface area contributed by atoms with Crippen LogP contribution in [0.3, 0.4) is 0 Å². The van der Waals surface area contributed by atoms with E-state index in [0.29, 0.717) is 18.5 Å². The summed E-state index contributed by atoms with van der Waals surface area (Å²) in [5, 5.41) is 12.5. The lowest BCUT2D eigenvalue weighted by Crippen LogP contribution is -2.26. The highest BCUT2D eigenvalue weighted by molar-refractivity contribution is 7.47. The number of rotatable bonds is 9. The zero-order valence-electron chi connectivity index (χ0n) is 14.8. The summed E-state index contributed by atoms with van der Waals surface area (Å²) in [6.45, 7) is 2.02. The van der Waals surface area contributed by atoms with E-state index in [2.05, 4.69) is 9.84 Å². The minimum atomic E-state index is -4.26. The van der Waals surface area contributed by atoms with Gasteiger partial charge in [0.1, 0.15) is 6.61 Å². The molecule has 146 valence electrons. The summed E-state index contributed by atoms with van der Waals surface area (Å²) >= 11 is 0. The van der Waals surface area contributed by atoms with Crippen molar-refractivity contribution in [3.05, 3.63) is 59.7 Å². The zero-order chi connectivity index (χ0) is 19.7. The summed E-state index contributed by atoms with van der Waals surface area (Å²) in [4.78, 5) is 21.1. The van der Waals surface area contributed by atoms with Crippen LogP contribution >= 0.6 is 7.82 Å². The van der Waals surface area contributed by atoms with Crippen LogP contribution in [0.4, 0.5) is 4.79 Å². The Bertz CT molecular complexity index is 798. The molecule has 0 bridgehead atoms. The Kier molecular flexibility index (Phi) is 7.67. The van der Waals surface area contributed by atoms with E-state index >= 15 is 0 Å². The van der Waals surface area contributed by atoms with E-state index in [4.69, 9.17) is 9.26 Å². The van der Waals surface area contributed by atoms with Gasteiger partial charge in [-0.2, -0.15) is 0 Å². The van der Waals surface area contributed by atoms with Crippen molar-refractivity contribution in [1.82, 2.24) is 5.32 Å². The summed E-state index contributed by atoms with van der Waals surface area (Å²) in [7, 11) is -4.26. The fourth-order valence-corrected chi connectivity index (χ4v) is 2.97. The summed E-state index contributed by atoms with van der Waals surface area (Å²) in [5.74, 6) is -0.457. The van der Waals surface area contributed by atoms with Crippen molar-refractivity contribution in [2.24, 2.45) is 0 Å². The predicted octanol–water partition coefficient (Wildman–Crippen LogP) is 3.38. The summed E-state index contributed by atoms with van der Waals surface area (Å²) < 4.78 is 26.0. The van der Waals surface area contributed by atoms with Crippen LogP contribution in [-0.4, -0.2) is 29.2 Å². The first-order valence-electron chi connectivity index (χ1n) is 8.33. The standard InChI is InChI=1S/C18H22NO7P/c1-2-25-27(22,23)26-17-9-8-14(12-16(17)20)10-11-19-18(21)24-13-15-6-4-3-5-7-15/h3-9,12,20H,2,10-11,13H2,1H3,(H,19,21)(H,22,23). The number of amides is 1. The van der Waals surface area contributed by atoms with Gasteiger partial charge in [0.2, 0.25) is 0 Å². The largest absolute Gasteiger partial charge is 0.527 e. The van der Waals surface area contributed by atoms with Gasteiger partial charge in [0, 0.05) is 6.54 Å². The molecule has 0 aliphatic carbocycles. The van der Waals surface area contributed by atoms with Crippen molar-refractivity contribution in [3.63, 3.8) is 0 Å². The minimum Gasteiger partial charge on any atom is -0.504 e. The molecular formula is C18H22NO7P. The molecule has 0 saturated heterocycles. The van der Waals surface area contributed by atoms with Gasteiger partial charge in [-0.1, -0.05) is 36.4 Å². The molecule has 3 N–H and O–H groups in total. The fourth-order valence-electron chi connectivity index (χ4n) is 2.19. The maximum Gasteiger partial charge on any atom is 0.527 e. The quantitative estimate of drug-likeness (QED) is 0.558. The molecular weight excluding hydrogens is 373 g/mol. The molecule has 1 atom stereocenters. The SMILES string of the molecule is CCOP(=O)(O)Oc1ccc(CCNC(=O)OCc2ccccc2)cc1O. The van der Waals surface area contributed by atoms with Gasteiger partial charge in [0.05, 0.1) is 6.61 Å². The second-order valence-electron chi connectivity index (χ2n) is 5.52. The Morgan fingerprint density at radius 3 is 2.56 bits per heavy atom. The number of nitrogens with one attached hydrogen (secondary N) is 1. The molecule has 0 aliphatic heterocycles. The summed E-state index contributed by atoms with van der Waals surface area (Å²) in [6.07, 6.45) is -0.114. The summed E-state index contributed by atoms with van der Waals surface area (Å²) in [6, 6.07) is 13.7. The van der Waals surface area contributed by atoms with Crippen molar-refractivity contribution in [2.75, 3.05) is 13.2 Å². The normalized spacial score (nSPS) is 12.8. The Hall–Kier alpha value is -2.54. The number of phosphoric ester groups is 1. The van der Waals surface area contributed by atoms with E-state index in [1.165, 1.54) is 12.1 Å². The van der Waals surface area contributed by atoms with Gasteiger partial charge < -0.3 is 19.7 Å². The van der Waals surface area contributed by atoms with Crippen LogP contribution < -0.4 is 9.84 Å². The Labute approximate surface area is 157 Å². The van der Waals surface area contributed by atoms with E-state index in [9.17, 15) is 19.4 Å². The highest BCUT2D eigenvalue weighted by atomic mass is 31.2. The van der Waals surface area contributed by atoms with Gasteiger partial charge in [-0.3, -0.25) is 9.42 Å². The molecule has 9 heteroatoms. The maximum atomic E-state index is 11.7. The second-order valence-corrected chi connectivity index (χ2v) is 6.90. The van der Waals surface area contributed by atoms with Gasteiger partial charge in [0.15, 0.2) is 11.5 Å². The third-order valence-electron chi connectivity index (χ3n) is 3.43. The van der Waals surface area contributed by atoms with Gasteiger partial charge in [-0.05, 0) is 36.6 Å². The van der Waals surface area contributed by atoms with Gasteiger partial charge in [-0.15, -0.1) is 0 Å². The van der Waals surface area contributed by atoms with E-state index in [-0.39, 0.29) is 24.7 Å². The van der Waals surface area contributed by atoms with Crippen molar-refractivity contribution < 1.29 is 33.1 Å². The third kappa shape index (κ3) is 7.30. The van der Waals surface area contributed by atoms with Crippen LogP contribution in [0.25, 0.3) is 0 Å². The minimum absolute atomic E-state index is 0.00132. The number of aromatic hydroxyl groups is 1. The molecule has 2 rings (SSSR count). The van der Waals surface area contributed by atoms with Crippen molar-refractivity contribution in [3.8, 4) is 11.5 Å². The third-order valence-corrected chi connectivity index (χ3v) is 4.44. The first kappa shape index (κ1) is 20.8.